The van der Waals surface area contributed by atoms with Crippen molar-refractivity contribution in [2.75, 3.05) is 52.8 Å². The number of halogens is 1. The van der Waals surface area contributed by atoms with E-state index in [2.05, 4.69) is 21.5 Å². The Bertz CT molecular complexity index is 437. The van der Waals surface area contributed by atoms with Crippen LogP contribution in [0, 0.1) is 5.92 Å². The molecule has 2 aliphatic rings. The fourth-order valence-electron chi connectivity index (χ4n) is 3.36. The molecule has 2 saturated heterocycles. The average molecular weight is 485 g/mol. The number of piperidine rings is 1. The van der Waals surface area contributed by atoms with Crippen molar-refractivity contribution < 1.29 is 14.3 Å². The monoisotopic (exact) mass is 485 g/mol. The third-order valence-corrected chi connectivity index (χ3v) is 6.45. The highest BCUT2D eigenvalue weighted by atomic mass is 127. The first kappa shape index (κ1) is 22.8. The van der Waals surface area contributed by atoms with E-state index in [9.17, 15) is 4.79 Å². The molecular formula is C17H32IN3O3S. The van der Waals surface area contributed by atoms with E-state index < -0.39 is 0 Å². The second kappa shape index (κ2) is 11.5. The topological polar surface area (TPSA) is 63.2 Å². The summed E-state index contributed by atoms with van der Waals surface area (Å²) >= 11 is 1.92. The quantitative estimate of drug-likeness (QED) is 0.279. The lowest BCUT2D eigenvalue weighted by Crippen LogP contribution is -2.51. The number of esters is 1. The first-order valence-electron chi connectivity index (χ1n) is 8.89. The van der Waals surface area contributed by atoms with Crippen molar-refractivity contribution in [1.82, 2.24) is 10.2 Å². The number of likely N-dealkylation sites (tertiary alicyclic amines) is 1. The summed E-state index contributed by atoms with van der Waals surface area (Å²) in [6, 6.07) is 0. The maximum absolute atomic E-state index is 11.9. The van der Waals surface area contributed by atoms with Crippen molar-refractivity contribution in [3.05, 3.63) is 0 Å². The van der Waals surface area contributed by atoms with Gasteiger partial charge < -0.3 is 19.7 Å². The molecule has 2 heterocycles. The van der Waals surface area contributed by atoms with Gasteiger partial charge in [0.15, 0.2) is 5.96 Å². The Morgan fingerprint density at radius 1 is 1.36 bits per heavy atom. The van der Waals surface area contributed by atoms with Gasteiger partial charge in [0, 0.05) is 44.6 Å². The summed E-state index contributed by atoms with van der Waals surface area (Å²) in [5.74, 6) is 0.924. The van der Waals surface area contributed by atoms with Gasteiger partial charge in [-0.15, -0.1) is 24.0 Å². The van der Waals surface area contributed by atoms with Crippen molar-refractivity contribution in [2.24, 2.45) is 10.9 Å². The molecule has 0 amide bonds. The lowest BCUT2D eigenvalue weighted by atomic mass is 9.97. The zero-order valence-corrected chi connectivity index (χ0v) is 18.7. The van der Waals surface area contributed by atoms with Crippen LogP contribution in [0.25, 0.3) is 0 Å². The van der Waals surface area contributed by atoms with Crippen molar-refractivity contribution in [2.45, 2.75) is 37.4 Å². The van der Waals surface area contributed by atoms with E-state index in [0.717, 1.165) is 64.5 Å². The second-order valence-corrected chi connectivity index (χ2v) is 7.69. The molecule has 0 unspecified atom stereocenters. The molecule has 2 fully saturated rings. The standard InChI is InChI=1S/C17H31N3O3S.HI/c1-4-23-15(21)14-5-9-20(10-6-14)16(18-2)19-13-17(24-3)7-11-22-12-8-17;/h14H,4-13H2,1-3H3,(H,18,19);1H. The summed E-state index contributed by atoms with van der Waals surface area (Å²) in [5, 5.41) is 3.55. The van der Waals surface area contributed by atoms with Gasteiger partial charge in [0.1, 0.15) is 0 Å². The second-order valence-electron chi connectivity index (χ2n) is 6.41. The fourth-order valence-corrected chi connectivity index (χ4v) is 4.15. The van der Waals surface area contributed by atoms with Crippen molar-refractivity contribution in [3.63, 3.8) is 0 Å². The molecule has 0 saturated carbocycles. The molecule has 0 aliphatic carbocycles. The molecule has 0 aromatic carbocycles. The van der Waals surface area contributed by atoms with Gasteiger partial charge in [-0.2, -0.15) is 11.8 Å². The Morgan fingerprint density at radius 3 is 2.52 bits per heavy atom. The van der Waals surface area contributed by atoms with Crippen molar-refractivity contribution >= 4 is 47.7 Å². The van der Waals surface area contributed by atoms with Crippen LogP contribution in [0.15, 0.2) is 4.99 Å². The molecule has 0 spiro atoms. The van der Waals surface area contributed by atoms with Crippen molar-refractivity contribution in [1.29, 1.82) is 0 Å². The van der Waals surface area contributed by atoms with Crippen LogP contribution in [0.3, 0.4) is 0 Å². The van der Waals surface area contributed by atoms with E-state index in [1.54, 1.807) is 0 Å². The number of carbonyl (C=O) groups excluding carboxylic acids is 1. The number of guanidine groups is 1. The van der Waals surface area contributed by atoms with Crippen LogP contribution in [-0.4, -0.2) is 74.3 Å². The van der Waals surface area contributed by atoms with E-state index in [1.165, 1.54) is 0 Å². The molecule has 0 bridgehead atoms. The number of rotatable bonds is 5. The Kier molecular flexibility index (Phi) is 10.5. The maximum atomic E-state index is 11.9. The summed E-state index contributed by atoms with van der Waals surface area (Å²) in [6.45, 7) is 6.59. The van der Waals surface area contributed by atoms with Gasteiger partial charge in [-0.05, 0) is 38.9 Å². The molecular weight excluding hydrogens is 453 g/mol. The minimum Gasteiger partial charge on any atom is -0.466 e. The van der Waals surface area contributed by atoms with Crippen LogP contribution < -0.4 is 5.32 Å². The fraction of sp³-hybridized carbons (Fsp3) is 0.882. The number of hydrogen-bond donors (Lipinski definition) is 1. The number of thioether (sulfide) groups is 1. The largest absolute Gasteiger partial charge is 0.466 e. The van der Waals surface area contributed by atoms with Crippen LogP contribution >= 0.6 is 35.7 Å². The lowest BCUT2D eigenvalue weighted by molar-refractivity contribution is -0.149. The van der Waals surface area contributed by atoms with E-state index in [1.807, 2.05) is 25.7 Å². The average Bonchev–Trinajstić information content (AvgIpc) is 2.63. The maximum Gasteiger partial charge on any atom is 0.309 e. The smallest absolute Gasteiger partial charge is 0.309 e. The normalized spacial score (nSPS) is 21.4. The van der Waals surface area contributed by atoms with Gasteiger partial charge in [0.25, 0.3) is 0 Å². The predicted octanol–water partition coefficient (Wildman–Crippen LogP) is 2.37. The number of nitrogens with one attached hydrogen (secondary N) is 1. The van der Waals surface area contributed by atoms with Crippen LogP contribution in [-0.2, 0) is 14.3 Å². The van der Waals surface area contributed by atoms with E-state index >= 15 is 0 Å². The van der Waals surface area contributed by atoms with Gasteiger partial charge in [0.05, 0.1) is 12.5 Å². The minimum absolute atomic E-state index is 0. The summed E-state index contributed by atoms with van der Waals surface area (Å²) in [4.78, 5) is 18.6. The molecule has 2 aliphatic heterocycles. The van der Waals surface area contributed by atoms with Crippen LogP contribution in [0.5, 0.6) is 0 Å². The summed E-state index contributed by atoms with van der Waals surface area (Å²) < 4.78 is 10.9. The summed E-state index contributed by atoms with van der Waals surface area (Å²) in [5.41, 5.74) is 0. The molecule has 8 heteroatoms. The molecule has 25 heavy (non-hydrogen) atoms. The summed E-state index contributed by atoms with van der Waals surface area (Å²) in [6.07, 6.45) is 5.99. The highest BCUT2D eigenvalue weighted by molar-refractivity contribution is 14.0. The first-order chi connectivity index (χ1) is 11.6. The van der Waals surface area contributed by atoms with Crippen LogP contribution in [0.2, 0.25) is 0 Å². The molecule has 0 aromatic rings. The highest BCUT2D eigenvalue weighted by Crippen LogP contribution is 2.33. The van der Waals surface area contributed by atoms with Gasteiger partial charge in [-0.1, -0.05) is 0 Å². The predicted molar refractivity (Wildman–Crippen MR) is 114 cm³/mol. The van der Waals surface area contributed by atoms with Gasteiger partial charge in [0.2, 0.25) is 0 Å². The number of aliphatic imine (C=N–C) groups is 1. The number of hydrogen-bond acceptors (Lipinski definition) is 5. The molecule has 0 atom stereocenters. The zero-order valence-electron chi connectivity index (χ0n) is 15.6. The third-order valence-electron chi connectivity index (χ3n) is 5.03. The molecule has 146 valence electrons. The van der Waals surface area contributed by atoms with E-state index in [0.29, 0.717) is 6.61 Å². The Labute approximate surface area is 172 Å². The van der Waals surface area contributed by atoms with Gasteiger partial charge in [-0.3, -0.25) is 9.79 Å². The van der Waals surface area contributed by atoms with Crippen LogP contribution in [0.1, 0.15) is 32.6 Å². The Morgan fingerprint density at radius 2 is 2.00 bits per heavy atom. The van der Waals surface area contributed by atoms with Gasteiger partial charge in [-0.25, -0.2) is 0 Å². The zero-order chi connectivity index (χ0) is 17.4. The third kappa shape index (κ3) is 6.46. The van der Waals surface area contributed by atoms with E-state index in [-0.39, 0.29) is 40.6 Å². The molecule has 1 N–H and O–H groups in total. The number of ether oxygens (including phenoxy) is 2. The SMILES string of the molecule is CCOC(=O)C1CCN(C(=NC)NCC2(SC)CCOCC2)CC1.I. The minimum atomic E-state index is -0.0522. The molecule has 6 nitrogen and oxygen atoms in total. The van der Waals surface area contributed by atoms with Crippen LogP contribution in [0.4, 0.5) is 0 Å². The first-order valence-corrected chi connectivity index (χ1v) is 10.1. The Hall–Kier alpha value is -0.220. The highest BCUT2D eigenvalue weighted by Gasteiger charge is 2.33. The number of carbonyl (C=O) groups is 1. The molecule has 0 radical (unpaired) electrons. The molecule has 0 aromatic heterocycles. The molecule has 2 rings (SSSR count). The summed E-state index contributed by atoms with van der Waals surface area (Å²) in [7, 11) is 1.83. The Balaban J connectivity index is 0.00000312. The lowest BCUT2D eigenvalue weighted by Gasteiger charge is -2.38. The van der Waals surface area contributed by atoms with Gasteiger partial charge >= 0.3 is 5.97 Å². The number of nitrogens with zero attached hydrogens (tertiary/aromatic N) is 2. The van der Waals surface area contributed by atoms with E-state index in [4.69, 9.17) is 9.47 Å². The van der Waals surface area contributed by atoms with Crippen molar-refractivity contribution in [3.8, 4) is 0 Å².